The summed E-state index contributed by atoms with van der Waals surface area (Å²) in [5.41, 5.74) is 0.567. The van der Waals surface area contributed by atoms with Gasteiger partial charge in [0.1, 0.15) is 11.9 Å². The Morgan fingerprint density at radius 2 is 2.33 bits per heavy atom. The molecule has 0 amide bonds. The summed E-state index contributed by atoms with van der Waals surface area (Å²) in [4.78, 5) is 13.2. The van der Waals surface area contributed by atoms with E-state index in [2.05, 4.69) is 11.2 Å². The molecule has 1 aliphatic rings. The number of hydrogen-bond acceptors (Lipinski definition) is 4. The Morgan fingerprint density at radius 1 is 1.52 bits per heavy atom. The summed E-state index contributed by atoms with van der Waals surface area (Å²) in [5, 5.41) is 3.71. The number of halogens is 1. The van der Waals surface area contributed by atoms with Crippen LogP contribution in [0.1, 0.15) is 11.3 Å². The van der Waals surface area contributed by atoms with Gasteiger partial charge in [-0.05, 0) is 37.4 Å². The fourth-order valence-corrected chi connectivity index (χ4v) is 2.94. The zero-order valence-corrected chi connectivity index (χ0v) is 12.1. The lowest BCUT2D eigenvalue weighted by molar-refractivity contribution is -0.112. The molecule has 1 aromatic carbocycles. The summed E-state index contributed by atoms with van der Waals surface area (Å²) in [7, 11) is 1.78. The lowest BCUT2D eigenvalue weighted by Crippen LogP contribution is -2.56. The first-order chi connectivity index (χ1) is 10.1. The number of carbonyl (C=O) groups is 1. The minimum absolute atomic E-state index is 0.556. The molecule has 0 bridgehead atoms. The Hall–Kier alpha value is -2.22. The Kier molecular flexibility index (Phi) is 3.25. The molecule has 1 aromatic heterocycles. The number of furan rings is 1. The molecule has 4 nitrogen and oxygen atoms in total. The Labute approximate surface area is 127 Å². The van der Waals surface area contributed by atoms with E-state index < -0.39 is 11.7 Å². The number of carbonyl (C=O) groups excluding carboxylic acids is 1. The summed E-state index contributed by atoms with van der Waals surface area (Å²) in [6, 6.07) is 8.93. The minimum Gasteiger partial charge on any atom is -0.466 e. The number of nitrogens with zero attached hydrogens (tertiary/aromatic N) is 1. The number of anilines is 1. The van der Waals surface area contributed by atoms with Crippen LogP contribution in [0.25, 0.3) is 0 Å². The van der Waals surface area contributed by atoms with Crippen LogP contribution in [0.15, 0.2) is 41.0 Å². The van der Waals surface area contributed by atoms with Crippen molar-refractivity contribution < 1.29 is 9.21 Å². The van der Waals surface area contributed by atoms with Crippen molar-refractivity contribution in [3.05, 3.63) is 52.9 Å². The molecular weight excluding hydrogens is 288 g/mol. The molecule has 106 valence electrons. The third-order valence-electron chi connectivity index (χ3n) is 3.84. The quantitative estimate of drug-likeness (QED) is 0.684. The van der Waals surface area contributed by atoms with E-state index in [1.165, 1.54) is 0 Å². The van der Waals surface area contributed by atoms with E-state index in [1.807, 2.05) is 6.07 Å². The lowest BCUT2D eigenvalue weighted by Gasteiger charge is -2.45. The van der Waals surface area contributed by atoms with Gasteiger partial charge in [-0.3, -0.25) is 9.69 Å². The molecular formula is C16H13ClN2O2. The predicted molar refractivity (Wildman–Crippen MR) is 81.0 cm³/mol. The molecule has 2 heterocycles. The van der Waals surface area contributed by atoms with Gasteiger partial charge in [0.2, 0.25) is 0 Å². The van der Waals surface area contributed by atoms with Crippen LogP contribution in [-0.2, 0) is 10.3 Å². The highest BCUT2D eigenvalue weighted by Crippen LogP contribution is 2.44. The summed E-state index contributed by atoms with van der Waals surface area (Å²) in [6.45, 7) is 0. The number of fused-ring (bicyclic) bond motifs is 1. The first kappa shape index (κ1) is 13.7. The van der Waals surface area contributed by atoms with Crippen LogP contribution < -0.4 is 5.32 Å². The maximum absolute atomic E-state index is 11.4. The van der Waals surface area contributed by atoms with Crippen LogP contribution in [0.4, 0.5) is 5.69 Å². The standard InChI is InChI=1S/C16H13ClN2O2/c1-3-16(14-5-4-8-21-14)12-9-11(17)6-7-13(12)18-15(10-20)19(16)2/h1,4-10,15,18H,2H3. The van der Waals surface area contributed by atoms with Crippen molar-refractivity contribution in [2.24, 2.45) is 0 Å². The van der Waals surface area contributed by atoms with E-state index in [1.54, 1.807) is 42.5 Å². The minimum atomic E-state index is -0.986. The van der Waals surface area contributed by atoms with Crippen LogP contribution in [0.5, 0.6) is 0 Å². The molecule has 0 aliphatic carbocycles. The fraction of sp³-hybridized carbons (Fsp3) is 0.188. The average Bonchev–Trinajstić information content (AvgIpc) is 3.02. The fourth-order valence-electron chi connectivity index (χ4n) is 2.76. The number of nitrogens with one attached hydrogen (secondary N) is 1. The van der Waals surface area contributed by atoms with Gasteiger partial charge < -0.3 is 9.73 Å². The van der Waals surface area contributed by atoms with E-state index in [-0.39, 0.29) is 0 Å². The summed E-state index contributed by atoms with van der Waals surface area (Å²) in [5.74, 6) is 3.37. The van der Waals surface area contributed by atoms with E-state index in [0.29, 0.717) is 10.8 Å². The maximum Gasteiger partial charge on any atom is 0.170 e. The van der Waals surface area contributed by atoms with Gasteiger partial charge in [-0.15, -0.1) is 6.42 Å². The summed E-state index contributed by atoms with van der Waals surface area (Å²) < 4.78 is 5.56. The smallest absolute Gasteiger partial charge is 0.170 e. The van der Waals surface area contributed by atoms with Gasteiger partial charge in [0.15, 0.2) is 11.8 Å². The van der Waals surface area contributed by atoms with Gasteiger partial charge in [0.25, 0.3) is 0 Å². The van der Waals surface area contributed by atoms with E-state index >= 15 is 0 Å². The van der Waals surface area contributed by atoms with Gasteiger partial charge in [0.05, 0.1) is 6.26 Å². The number of aldehydes is 1. The molecule has 0 fully saturated rings. The predicted octanol–water partition coefficient (Wildman–Crippen LogP) is 2.69. The van der Waals surface area contributed by atoms with Crippen LogP contribution in [0.3, 0.4) is 0 Å². The molecule has 2 aromatic rings. The number of terminal acetylenes is 1. The van der Waals surface area contributed by atoms with E-state index in [9.17, 15) is 4.79 Å². The van der Waals surface area contributed by atoms with Crippen molar-refractivity contribution in [3.8, 4) is 12.3 Å². The average molecular weight is 301 g/mol. The Morgan fingerprint density at radius 3 is 2.95 bits per heavy atom. The third-order valence-corrected chi connectivity index (χ3v) is 4.07. The van der Waals surface area contributed by atoms with Crippen LogP contribution in [0.2, 0.25) is 5.02 Å². The van der Waals surface area contributed by atoms with Crippen LogP contribution >= 0.6 is 11.6 Å². The number of benzene rings is 1. The molecule has 1 aliphatic heterocycles. The van der Waals surface area contributed by atoms with Crippen molar-refractivity contribution in [2.45, 2.75) is 11.7 Å². The summed E-state index contributed by atoms with van der Waals surface area (Å²) >= 11 is 6.13. The van der Waals surface area contributed by atoms with Crippen LogP contribution in [-0.4, -0.2) is 24.4 Å². The SMILES string of the molecule is C#CC1(c2ccco2)c2cc(Cl)ccc2NC(C=O)N1C. The number of hydrogen-bond donors (Lipinski definition) is 1. The van der Waals surface area contributed by atoms with Crippen molar-refractivity contribution in [2.75, 3.05) is 12.4 Å². The molecule has 0 saturated carbocycles. The highest BCUT2D eigenvalue weighted by molar-refractivity contribution is 6.30. The van der Waals surface area contributed by atoms with Crippen molar-refractivity contribution >= 4 is 23.6 Å². The molecule has 0 radical (unpaired) electrons. The Balaban J connectivity index is 2.33. The largest absolute Gasteiger partial charge is 0.466 e. The molecule has 2 unspecified atom stereocenters. The molecule has 3 rings (SSSR count). The van der Waals surface area contributed by atoms with Crippen molar-refractivity contribution in [3.63, 3.8) is 0 Å². The van der Waals surface area contributed by atoms with E-state index in [0.717, 1.165) is 17.5 Å². The normalized spacial score (nSPS) is 24.7. The number of rotatable bonds is 2. The van der Waals surface area contributed by atoms with Crippen LogP contribution in [0, 0.1) is 12.3 Å². The molecule has 21 heavy (non-hydrogen) atoms. The maximum atomic E-state index is 11.4. The topological polar surface area (TPSA) is 45.5 Å². The number of likely N-dealkylation sites (N-methyl/N-ethyl adjacent to an activating group) is 1. The molecule has 1 N–H and O–H groups in total. The second-order valence-electron chi connectivity index (χ2n) is 4.86. The first-order valence-corrected chi connectivity index (χ1v) is 6.78. The third kappa shape index (κ3) is 1.86. The van der Waals surface area contributed by atoms with Crippen molar-refractivity contribution in [1.29, 1.82) is 0 Å². The highest BCUT2D eigenvalue weighted by Gasteiger charge is 2.47. The first-order valence-electron chi connectivity index (χ1n) is 6.40. The zero-order chi connectivity index (χ0) is 15.0. The molecule has 5 heteroatoms. The molecule has 0 saturated heterocycles. The van der Waals surface area contributed by atoms with Crippen molar-refractivity contribution in [1.82, 2.24) is 4.90 Å². The van der Waals surface area contributed by atoms with Gasteiger partial charge >= 0.3 is 0 Å². The van der Waals surface area contributed by atoms with Gasteiger partial charge in [-0.1, -0.05) is 17.5 Å². The lowest BCUT2D eigenvalue weighted by atomic mass is 9.83. The Bertz CT molecular complexity index is 720. The second kappa shape index (κ2) is 4.96. The molecule has 0 spiro atoms. The summed E-state index contributed by atoms with van der Waals surface area (Å²) in [6.07, 6.45) is 7.68. The zero-order valence-electron chi connectivity index (χ0n) is 11.3. The monoisotopic (exact) mass is 300 g/mol. The molecule has 2 atom stereocenters. The van der Waals surface area contributed by atoms with Gasteiger partial charge in [-0.2, -0.15) is 0 Å². The van der Waals surface area contributed by atoms with Gasteiger partial charge in [-0.25, -0.2) is 0 Å². The van der Waals surface area contributed by atoms with E-state index in [4.69, 9.17) is 22.4 Å². The second-order valence-corrected chi connectivity index (χ2v) is 5.29. The highest BCUT2D eigenvalue weighted by atomic mass is 35.5. The van der Waals surface area contributed by atoms with Gasteiger partial charge in [0, 0.05) is 16.3 Å².